The number of hydrogen-bond acceptors (Lipinski definition) is 4. The van der Waals surface area contributed by atoms with Crippen molar-refractivity contribution in [1.29, 1.82) is 0 Å². The highest BCUT2D eigenvalue weighted by Gasteiger charge is 2.33. The van der Waals surface area contributed by atoms with Gasteiger partial charge in [0.25, 0.3) is 0 Å². The van der Waals surface area contributed by atoms with Crippen LogP contribution in [0.4, 0.5) is 5.69 Å². The molecule has 2 aliphatic rings. The van der Waals surface area contributed by atoms with Gasteiger partial charge in [-0.05, 0) is 47.7 Å². The summed E-state index contributed by atoms with van der Waals surface area (Å²) in [5, 5.41) is 3.13. The largest absolute Gasteiger partial charge is 0.325 e. The third-order valence-corrected chi connectivity index (χ3v) is 5.90. The first kappa shape index (κ1) is 15.0. The zero-order chi connectivity index (χ0) is 16.8. The van der Waals surface area contributed by atoms with E-state index in [0.717, 1.165) is 40.6 Å². The van der Waals surface area contributed by atoms with Crippen LogP contribution in [-0.2, 0) is 24.3 Å². The maximum absolute atomic E-state index is 12.5. The van der Waals surface area contributed by atoms with Crippen LogP contribution in [-0.4, -0.2) is 21.8 Å². The van der Waals surface area contributed by atoms with Crippen LogP contribution in [0.25, 0.3) is 10.2 Å². The van der Waals surface area contributed by atoms with Gasteiger partial charge >= 0.3 is 0 Å². The average Bonchev–Trinajstić information content (AvgIpc) is 3.18. The monoisotopic (exact) mass is 349 g/mol. The Hall–Kier alpha value is -2.24. The third kappa shape index (κ3) is 2.94. The van der Waals surface area contributed by atoms with E-state index in [1.54, 1.807) is 11.3 Å². The van der Waals surface area contributed by atoms with Crippen LogP contribution >= 0.6 is 11.3 Å². The first-order chi connectivity index (χ1) is 12.3. The number of fused-ring (bicyclic) bond motifs is 2. The highest BCUT2D eigenvalue weighted by Crippen LogP contribution is 2.37. The maximum Gasteiger partial charge on any atom is 0.228 e. The summed E-state index contributed by atoms with van der Waals surface area (Å²) in [6.07, 6.45) is 3.02. The van der Waals surface area contributed by atoms with E-state index in [1.165, 1.54) is 24.0 Å². The van der Waals surface area contributed by atoms with Crippen molar-refractivity contribution >= 4 is 33.1 Å². The molecule has 1 fully saturated rings. The van der Waals surface area contributed by atoms with Crippen molar-refractivity contribution < 1.29 is 4.79 Å². The number of rotatable bonds is 4. The minimum atomic E-state index is 0.0436. The number of carbonyl (C=O) groups excluding carboxylic acids is 1. The molecule has 0 saturated heterocycles. The van der Waals surface area contributed by atoms with Crippen LogP contribution in [0.15, 0.2) is 41.9 Å². The minimum absolute atomic E-state index is 0.0436. The number of amides is 1. The molecule has 2 heterocycles. The Kier molecular flexibility index (Phi) is 3.57. The van der Waals surface area contributed by atoms with E-state index in [1.807, 2.05) is 29.8 Å². The lowest BCUT2D eigenvalue weighted by atomic mass is 10.1. The summed E-state index contributed by atoms with van der Waals surface area (Å²) < 4.78 is 1.13. The number of benzene rings is 2. The molecule has 1 N–H and O–H groups in total. The second-order valence-corrected chi connectivity index (χ2v) is 7.85. The molecule has 0 atom stereocenters. The number of thiazole rings is 1. The molecule has 0 radical (unpaired) electrons. The van der Waals surface area contributed by atoms with E-state index >= 15 is 0 Å². The van der Waals surface area contributed by atoms with Gasteiger partial charge < -0.3 is 5.32 Å². The smallest absolute Gasteiger partial charge is 0.228 e. The molecule has 1 aliphatic heterocycles. The first-order valence-electron chi connectivity index (χ1n) is 8.73. The number of hydrogen-bond donors (Lipinski definition) is 1. The summed E-state index contributed by atoms with van der Waals surface area (Å²) >= 11 is 1.61. The van der Waals surface area contributed by atoms with Gasteiger partial charge in [-0.2, -0.15) is 0 Å². The first-order valence-corrected chi connectivity index (χ1v) is 9.61. The number of anilines is 1. The van der Waals surface area contributed by atoms with Gasteiger partial charge in [-0.15, -0.1) is 11.3 Å². The third-order valence-electron chi connectivity index (χ3n) is 5.11. The summed E-state index contributed by atoms with van der Waals surface area (Å²) in [5.41, 5.74) is 7.49. The summed E-state index contributed by atoms with van der Waals surface area (Å²) in [5.74, 6) is 0.0436. The van der Waals surface area contributed by atoms with E-state index in [0.29, 0.717) is 6.42 Å². The fourth-order valence-corrected chi connectivity index (χ4v) is 4.39. The van der Waals surface area contributed by atoms with Crippen molar-refractivity contribution in [3.05, 3.63) is 58.6 Å². The second-order valence-electron chi connectivity index (χ2n) is 6.96. The zero-order valence-electron chi connectivity index (χ0n) is 13.9. The van der Waals surface area contributed by atoms with Crippen LogP contribution in [0.5, 0.6) is 0 Å². The summed E-state index contributed by atoms with van der Waals surface area (Å²) in [6.45, 7) is 1.98. The Bertz CT molecular complexity index is 960. The molecule has 1 aromatic heterocycles. The summed E-state index contributed by atoms with van der Waals surface area (Å²) in [6, 6.07) is 13.1. The number of nitrogens with zero attached hydrogens (tertiary/aromatic N) is 2. The minimum Gasteiger partial charge on any atom is -0.325 e. The number of nitrogens with one attached hydrogen (secondary N) is 1. The molecule has 4 nitrogen and oxygen atoms in total. The van der Waals surface area contributed by atoms with Gasteiger partial charge in [0.1, 0.15) is 0 Å². The summed E-state index contributed by atoms with van der Waals surface area (Å²) in [7, 11) is 0. The highest BCUT2D eigenvalue weighted by atomic mass is 32.1. The molecular weight excluding hydrogens is 330 g/mol. The lowest BCUT2D eigenvalue weighted by Gasteiger charge is -2.13. The van der Waals surface area contributed by atoms with Crippen molar-refractivity contribution in [2.24, 2.45) is 0 Å². The van der Waals surface area contributed by atoms with Crippen LogP contribution in [0.1, 0.15) is 29.5 Å². The lowest BCUT2D eigenvalue weighted by Crippen LogP contribution is -2.19. The van der Waals surface area contributed by atoms with Gasteiger partial charge in [-0.25, -0.2) is 4.98 Å². The predicted molar refractivity (Wildman–Crippen MR) is 101 cm³/mol. The molecule has 2 aromatic carbocycles. The standard InChI is InChI=1S/C20H19N3OS/c24-20(9-13-4-7-18-19(8-13)25-12-21-18)22-17-3-1-2-14-10-23(11-16(14)17)15-5-6-15/h1-4,7-8,12,15H,5-6,9-11H2,(H,22,24). The fraction of sp³-hybridized carbons (Fsp3) is 0.300. The molecule has 0 spiro atoms. The topological polar surface area (TPSA) is 45.2 Å². The Labute approximate surface area is 150 Å². The van der Waals surface area contributed by atoms with Gasteiger partial charge in [0.15, 0.2) is 0 Å². The van der Waals surface area contributed by atoms with E-state index in [-0.39, 0.29) is 5.91 Å². The normalized spacial score (nSPS) is 17.0. The van der Waals surface area contributed by atoms with Crippen LogP contribution in [0.2, 0.25) is 0 Å². The zero-order valence-corrected chi connectivity index (χ0v) is 14.7. The molecule has 1 aliphatic carbocycles. The second kappa shape index (κ2) is 5.93. The van der Waals surface area contributed by atoms with Crippen molar-refractivity contribution in [1.82, 2.24) is 9.88 Å². The van der Waals surface area contributed by atoms with Crippen molar-refractivity contribution in [3.63, 3.8) is 0 Å². The lowest BCUT2D eigenvalue weighted by molar-refractivity contribution is -0.115. The van der Waals surface area contributed by atoms with Crippen molar-refractivity contribution in [3.8, 4) is 0 Å². The van der Waals surface area contributed by atoms with Crippen molar-refractivity contribution in [2.45, 2.75) is 38.4 Å². The Morgan fingerprint density at radius 3 is 3.04 bits per heavy atom. The Balaban J connectivity index is 1.32. The average molecular weight is 349 g/mol. The number of carbonyl (C=O) groups is 1. The van der Waals surface area contributed by atoms with Crippen LogP contribution < -0.4 is 5.32 Å². The molecular formula is C20H19N3OS. The molecule has 3 aromatic rings. The highest BCUT2D eigenvalue weighted by molar-refractivity contribution is 7.16. The van der Waals surface area contributed by atoms with Gasteiger partial charge in [-0.3, -0.25) is 9.69 Å². The van der Waals surface area contributed by atoms with Crippen LogP contribution in [0, 0.1) is 0 Å². The van der Waals surface area contributed by atoms with E-state index in [2.05, 4.69) is 27.3 Å². The number of aromatic nitrogens is 1. The molecule has 25 heavy (non-hydrogen) atoms. The maximum atomic E-state index is 12.5. The van der Waals surface area contributed by atoms with Crippen molar-refractivity contribution in [2.75, 3.05) is 5.32 Å². The molecule has 126 valence electrons. The molecule has 1 amide bonds. The van der Waals surface area contributed by atoms with Gasteiger partial charge in [0, 0.05) is 24.8 Å². The van der Waals surface area contributed by atoms with Gasteiger partial charge in [0.05, 0.1) is 22.1 Å². The van der Waals surface area contributed by atoms with Gasteiger partial charge in [-0.1, -0.05) is 18.2 Å². The Morgan fingerprint density at radius 2 is 2.16 bits per heavy atom. The Morgan fingerprint density at radius 1 is 1.24 bits per heavy atom. The predicted octanol–water partition coefficient (Wildman–Crippen LogP) is 3.96. The van der Waals surface area contributed by atoms with Crippen LogP contribution in [0.3, 0.4) is 0 Å². The molecule has 5 heteroatoms. The van der Waals surface area contributed by atoms with E-state index in [4.69, 9.17) is 0 Å². The molecule has 0 unspecified atom stereocenters. The quantitative estimate of drug-likeness (QED) is 0.775. The molecule has 5 rings (SSSR count). The van der Waals surface area contributed by atoms with Gasteiger partial charge in [0.2, 0.25) is 5.91 Å². The fourth-order valence-electron chi connectivity index (χ4n) is 3.65. The molecule has 0 bridgehead atoms. The SMILES string of the molecule is O=C(Cc1ccc2ncsc2c1)Nc1cccc2c1CN(C1CC1)C2. The van der Waals surface area contributed by atoms with E-state index < -0.39 is 0 Å². The van der Waals surface area contributed by atoms with E-state index in [9.17, 15) is 4.79 Å². The molecule has 1 saturated carbocycles. The summed E-state index contributed by atoms with van der Waals surface area (Å²) in [4.78, 5) is 19.4.